The highest BCUT2D eigenvalue weighted by Gasteiger charge is 2.25. The highest BCUT2D eigenvalue weighted by molar-refractivity contribution is 7.36. The van der Waals surface area contributed by atoms with Gasteiger partial charge in [-0.1, -0.05) is 36.4 Å². The van der Waals surface area contributed by atoms with E-state index in [1.807, 2.05) is 36.4 Å². The van der Waals surface area contributed by atoms with Crippen LogP contribution in [0.3, 0.4) is 0 Å². The summed E-state index contributed by atoms with van der Waals surface area (Å²) in [7, 11) is -1.67. The third-order valence-electron chi connectivity index (χ3n) is 4.50. The molecule has 2 saturated heterocycles. The number of ether oxygens (including phenoxy) is 4. The Morgan fingerprint density at radius 2 is 1.12 bits per heavy atom. The molecule has 2 fully saturated rings. The second-order valence-corrected chi connectivity index (χ2v) is 7.00. The molecule has 0 aliphatic carbocycles. The smallest absolute Gasteiger partial charge is 0.303 e. The standard InChI is InChI=1S/C18H18NO6P/c19-26-24-15-11(3-1-5-13(15)17-20-7-8-21-17)12-4-2-6-14(16(12)25-26)18-22-9-10-23-18/h1-6,17-18H,7-10,19H2. The summed E-state index contributed by atoms with van der Waals surface area (Å²) in [6.45, 7) is 2.22. The number of hydrogen-bond donors (Lipinski definition) is 1. The lowest BCUT2D eigenvalue weighted by molar-refractivity contribution is -0.0436. The molecule has 3 aromatic rings. The molecule has 136 valence electrons. The zero-order valence-electron chi connectivity index (χ0n) is 13.9. The van der Waals surface area contributed by atoms with Crippen molar-refractivity contribution in [2.75, 3.05) is 31.9 Å². The van der Waals surface area contributed by atoms with Gasteiger partial charge in [-0.3, -0.25) is 0 Å². The molecule has 0 spiro atoms. The Morgan fingerprint density at radius 1 is 0.692 bits per heavy atom. The van der Waals surface area contributed by atoms with Crippen LogP contribution >= 0.6 is 8.16 Å². The number of nitrogens with two attached hydrogens (primary N) is 1. The second-order valence-electron chi connectivity index (χ2n) is 6.06. The van der Waals surface area contributed by atoms with Gasteiger partial charge in [-0.15, -0.1) is 0 Å². The molecule has 0 unspecified atom stereocenters. The molecule has 0 radical (unpaired) electrons. The zero-order chi connectivity index (χ0) is 17.5. The molecule has 0 amide bonds. The van der Waals surface area contributed by atoms with Crippen molar-refractivity contribution in [3.05, 3.63) is 47.5 Å². The third kappa shape index (κ3) is 2.74. The number of rotatable bonds is 2. The Hall–Kier alpha value is -1.86. The summed E-state index contributed by atoms with van der Waals surface area (Å²) in [6.07, 6.45) is -0.917. The van der Waals surface area contributed by atoms with Gasteiger partial charge in [0.2, 0.25) is 0 Å². The van der Waals surface area contributed by atoms with Crippen LogP contribution in [0.5, 0.6) is 0 Å². The lowest BCUT2D eigenvalue weighted by Gasteiger charge is -2.11. The highest BCUT2D eigenvalue weighted by atomic mass is 31.1. The Morgan fingerprint density at radius 3 is 1.54 bits per heavy atom. The van der Waals surface area contributed by atoms with E-state index in [-0.39, 0.29) is 0 Å². The number of hydrogen-bond acceptors (Lipinski definition) is 7. The van der Waals surface area contributed by atoms with E-state index in [2.05, 4.69) is 0 Å². The second kappa shape index (κ2) is 6.70. The van der Waals surface area contributed by atoms with Gasteiger partial charge in [0.1, 0.15) is 0 Å². The summed E-state index contributed by atoms with van der Waals surface area (Å²) in [5, 5.41) is 1.76. The topological polar surface area (TPSA) is 89.2 Å². The Labute approximate surface area is 150 Å². The van der Waals surface area contributed by atoms with E-state index in [4.69, 9.17) is 32.8 Å². The van der Waals surface area contributed by atoms with Crippen molar-refractivity contribution >= 4 is 30.1 Å². The molecule has 2 aromatic carbocycles. The van der Waals surface area contributed by atoms with Crippen LogP contribution < -0.4 is 5.50 Å². The summed E-state index contributed by atoms with van der Waals surface area (Å²) in [5.41, 5.74) is 9.06. The van der Waals surface area contributed by atoms with E-state index in [0.29, 0.717) is 37.6 Å². The highest BCUT2D eigenvalue weighted by Crippen LogP contribution is 2.39. The maximum Gasteiger partial charge on any atom is 0.303 e. The lowest BCUT2D eigenvalue weighted by atomic mass is 10.0. The average Bonchev–Trinajstić information content (AvgIpc) is 3.34. The van der Waals surface area contributed by atoms with Crippen LogP contribution in [0, 0.1) is 0 Å². The molecule has 7 nitrogen and oxygen atoms in total. The molecule has 0 saturated carbocycles. The monoisotopic (exact) mass is 375 g/mol. The van der Waals surface area contributed by atoms with Crippen LogP contribution in [-0.4, -0.2) is 26.4 Å². The fourth-order valence-electron chi connectivity index (χ4n) is 3.38. The van der Waals surface area contributed by atoms with Crippen molar-refractivity contribution in [2.45, 2.75) is 12.6 Å². The van der Waals surface area contributed by atoms with E-state index >= 15 is 0 Å². The molecular weight excluding hydrogens is 357 g/mol. The van der Waals surface area contributed by atoms with Crippen LogP contribution in [0.2, 0.25) is 0 Å². The van der Waals surface area contributed by atoms with Gasteiger partial charge in [-0.2, -0.15) is 0 Å². The quantitative estimate of drug-likeness (QED) is 0.721. The first-order valence-electron chi connectivity index (χ1n) is 8.44. The summed E-state index contributed by atoms with van der Waals surface area (Å²) in [5.74, 6) is 0. The Bertz CT molecular complexity index is 913. The minimum Gasteiger partial charge on any atom is -0.408 e. The van der Waals surface area contributed by atoms with Crippen molar-refractivity contribution < 1.29 is 27.3 Å². The predicted molar refractivity (Wildman–Crippen MR) is 95.8 cm³/mol. The first-order valence-corrected chi connectivity index (χ1v) is 9.69. The first-order chi connectivity index (χ1) is 12.8. The van der Waals surface area contributed by atoms with Crippen LogP contribution in [-0.2, 0) is 18.9 Å². The zero-order valence-corrected chi connectivity index (χ0v) is 14.8. The molecule has 5 rings (SSSR count). The van der Waals surface area contributed by atoms with Gasteiger partial charge in [0.05, 0.1) is 37.6 Å². The van der Waals surface area contributed by atoms with Gasteiger partial charge < -0.3 is 27.3 Å². The van der Waals surface area contributed by atoms with E-state index in [0.717, 1.165) is 21.9 Å². The lowest BCUT2D eigenvalue weighted by Crippen LogP contribution is -1.99. The van der Waals surface area contributed by atoms with Gasteiger partial charge in [-0.25, -0.2) is 5.50 Å². The van der Waals surface area contributed by atoms with Crippen molar-refractivity contribution in [1.82, 2.24) is 0 Å². The van der Waals surface area contributed by atoms with E-state index in [9.17, 15) is 0 Å². The molecule has 0 atom stereocenters. The number of benzene rings is 2. The predicted octanol–water partition coefficient (Wildman–Crippen LogP) is 4.09. The molecule has 1 aromatic heterocycles. The molecule has 3 heterocycles. The largest absolute Gasteiger partial charge is 0.408 e. The Balaban J connectivity index is 1.82. The molecule has 8 heteroatoms. The number of nitrogen functional groups attached to an aromatic ring is 1. The van der Waals surface area contributed by atoms with E-state index in [1.165, 1.54) is 0 Å². The van der Waals surface area contributed by atoms with Crippen LogP contribution in [0.15, 0.2) is 44.8 Å². The third-order valence-corrected chi connectivity index (χ3v) is 5.22. The minimum absolute atomic E-state index is 0.459. The number of fused-ring (bicyclic) bond motifs is 3. The van der Waals surface area contributed by atoms with Crippen molar-refractivity contribution in [1.29, 1.82) is 0 Å². The van der Waals surface area contributed by atoms with Gasteiger partial charge in [0.15, 0.2) is 23.7 Å². The summed E-state index contributed by atoms with van der Waals surface area (Å²) < 4.78 is 34.6. The summed E-state index contributed by atoms with van der Waals surface area (Å²) >= 11 is 0. The summed E-state index contributed by atoms with van der Waals surface area (Å²) in [4.78, 5) is 0. The van der Waals surface area contributed by atoms with Crippen molar-refractivity contribution in [2.24, 2.45) is 0 Å². The molecule has 0 bridgehead atoms. The molecule has 2 N–H and O–H groups in total. The maximum atomic E-state index is 6.16. The van der Waals surface area contributed by atoms with Crippen LogP contribution in [0.25, 0.3) is 21.9 Å². The van der Waals surface area contributed by atoms with Gasteiger partial charge >= 0.3 is 8.16 Å². The minimum atomic E-state index is -1.67. The van der Waals surface area contributed by atoms with Crippen LogP contribution in [0.4, 0.5) is 0 Å². The van der Waals surface area contributed by atoms with Crippen molar-refractivity contribution in [3.8, 4) is 0 Å². The normalized spacial score (nSPS) is 19.0. The maximum absolute atomic E-state index is 6.16. The van der Waals surface area contributed by atoms with Gasteiger partial charge in [-0.05, 0) is 0 Å². The fourth-order valence-corrected chi connectivity index (χ4v) is 4.19. The summed E-state index contributed by atoms with van der Waals surface area (Å²) in [6, 6.07) is 11.7. The SMILES string of the molecule is Np1oc2c(C3OCCO3)cccc2c2cccc(C3OCCO3)c2o1. The van der Waals surface area contributed by atoms with Crippen molar-refractivity contribution in [3.63, 3.8) is 0 Å². The molecular formula is C18H18NO6P. The van der Waals surface area contributed by atoms with Gasteiger partial charge in [0, 0.05) is 10.8 Å². The molecule has 26 heavy (non-hydrogen) atoms. The van der Waals surface area contributed by atoms with Crippen LogP contribution in [0.1, 0.15) is 23.7 Å². The molecule has 2 aliphatic heterocycles. The Kier molecular flexibility index (Phi) is 4.21. The van der Waals surface area contributed by atoms with Gasteiger partial charge in [0.25, 0.3) is 0 Å². The molecule has 2 aliphatic rings. The van der Waals surface area contributed by atoms with E-state index in [1.54, 1.807) is 0 Å². The van der Waals surface area contributed by atoms with E-state index < -0.39 is 20.7 Å². The fraction of sp³-hybridized carbons (Fsp3) is 0.333. The average molecular weight is 375 g/mol. The first kappa shape index (κ1) is 16.3. The number of para-hydroxylation sites is 2.